The van der Waals surface area contributed by atoms with E-state index in [1.165, 1.54) is 5.01 Å². The maximum Gasteiger partial charge on any atom is 0.191 e. The van der Waals surface area contributed by atoms with Crippen LogP contribution in [-0.4, -0.2) is 44.3 Å². The molecule has 0 aliphatic rings. The van der Waals surface area contributed by atoms with Gasteiger partial charge in [0.1, 0.15) is 0 Å². The summed E-state index contributed by atoms with van der Waals surface area (Å²) >= 11 is 1.74. The van der Waals surface area contributed by atoms with Crippen LogP contribution in [0.5, 0.6) is 0 Å². The Labute approximate surface area is 125 Å². The van der Waals surface area contributed by atoms with Crippen LogP contribution in [0.2, 0.25) is 0 Å². The lowest BCUT2D eigenvalue weighted by Crippen LogP contribution is -2.38. The number of hydrogen-bond acceptors (Lipinski definition) is 4. The Bertz CT molecular complexity index is 404. The first-order valence-electron chi connectivity index (χ1n) is 7.12. The van der Waals surface area contributed by atoms with Gasteiger partial charge in [0.05, 0.1) is 23.9 Å². The van der Waals surface area contributed by atoms with Gasteiger partial charge >= 0.3 is 0 Å². The zero-order chi connectivity index (χ0) is 14.8. The first-order chi connectivity index (χ1) is 9.67. The second kappa shape index (κ2) is 9.72. The first-order valence-corrected chi connectivity index (χ1v) is 8.00. The summed E-state index contributed by atoms with van der Waals surface area (Å²) in [6, 6.07) is 0. The molecular formula is C14H26N4OS. The predicted molar refractivity (Wildman–Crippen MR) is 85.8 cm³/mol. The summed E-state index contributed by atoms with van der Waals surface area (Å²) < 4.78 is 5.00. The van der Waals surface area contributed by atoms with Gasteiger partial charge in [-0.05, 0) is 6.92 Å². The van der Waals surface area contributed by atoms with Crippen molar-refractivity contribution in [3.8, 4) is 0 Å². The smallest absolute Gasteiger partial charge is 0.191 e. The van der Waals surface area contributed by atoms with Gasteiger partial charge < -0.3 is 15.4 Å². The Balaban J connectivity index is 2.37. The van der Waals surface area contributed by atoms with Crippen LogP contribution in [0.25, 0.3) is 0 Å². The Morgan fingerprint density at radius 1 is 1.45 bits per heavy atom. The van der Waals surface area contributed by atoms with Crippen LogP contribution in [0.15, 0.2) is 10.4 Å². The summed E-state index contributed by atoms with van der Waals surface area (Å²) in [7, 11) is 1.68. The van der Waals surface area contributed by atoms with Gasteiger partial charge in [-0.2, -0.15) is 0 Å². The van der Waals surface area contributed by atoms with Gasteiger partial charge in [0.15, 0.2) is 5.96 Å². The van der Waals surface area contributed by atoms with Gasteiger partial charge in [0, 0.05) is 37.9 Å². The highest BCUT2D eigenvalue weighted by atomic mass is 32.1. The minimum absolute atomic E-state index is 0.509. The van der Waals surface area contributed by atoms with E-state index in [-0.39, 0.29) is 0 Å². The van der Waals surface area contributed by atoms with Gasteiger partial charge in [-0.15, -0.1) is 11.3 Å². The summed E-state index contributed by atoms with van der Waals surface area (Å²) in [5, 5.41) is 9.89. The van der Waals surface area contributed by atoms with Crippen molar-refractivity contribution in [3.63, 3.8) is 0 Å². The Kier molecular flexibility index (Phi) is 8.22. The van der Waals surface area contributed by atoms with E-state index >= 15 is 0 Å². The second-order valence-corrected chi connectivity index (χ2v) is 5.65. The third kappa shape index (κ3) is 6.34. The summed E-state index contributed by atoms with van der Waals surface area (Å²) in [6.07, 6.45) is 0.915. The van der Waals surface area contributed by atoms with E-state index in [1.54, 1.807) is 18.4 Å². The lowest BCUT2D eigenvalue weighted by molar-refractivity contribution is 0.208. The Morgan fingerprint density at radius 2 is 2.25 bits per heavy atom. The molecule has 0 aromatic carbocycles. The van der Waals surface area contributed by atoms with Crippen molar-refractivity contribution in [2.24, 2.45) is 4.99 Å². The van der Waals surface area contributed by atoms with Crippen molar-refractivity contribution < 1.29 is 4.74 Å². The molecule has 0 unspecified atom stereocenters. The molecule has 1 aromatic heterocycles. The van der Waals surface area contributed by atoms with Crippen LogP contribution in [0.1, 0.15) is 37.4 Å². The van der Waals surface area contributed by atoms with Crippen molar-refractivity contribution in [3.05, 3.63) is 16.1 Å². The molecule has 0 bridgehead atoms. The highest BCUT2D eigenvalue weighted by molar-refractivity contribution is 7.09. The quantitative estimate of drug-likeness (QED) is 0.438. The number of thiazole rings is 1. The van der Waals surface area contributed by atoms with Crippen molar-refractivity contribution in [2.75, 3.05) is 33.4 Å². The standard InChI is InChI=1S/C14H26N4OS/c1-5-15-14(17-8-9-19-4)16-7-6-12-10-20-13(18-12)11(2)3/h10-11H,5-9H2,1-4H3,(H2,15,16,17). The molecule has 0 radical (unpaired) electrons. The molecule has 1 heterocycles. The van der Waals surface area contributed by atoms with E-state index < -0.39 is 0 Å². The van der Waals surface area contributed by atoms with Crippen molar-refractivity contribution in [1.82, 2.24) is 15.6 Å². The lowest BCUT2D eigenvalue weighted by Gasteiger charge is -2.10. The largest absolute Gasteiger partial charge is 0.383 e. The van der Waals surface area contributed by atoms with E-state index in [9.17, 15) is 0 Å². The molecule has 5 nitrogen and oxygen atoms in total. The third-order valence-electron chi connectivity index (χ3n) is 2.65. The molecule has 0 atom stereocenters. The second-order valence-electron chi connectivity index (χ2n) is 4.76. The van der Waals surface area contributed by atoms with Gasteiger partial charge in [-0.3, -0.25) is 4.99 Å². The molecule has 20 heavy (non-hydrogen) atoms. The number of rotatable bonds is 8. The molecule has 0 spiro atoms. The summed E-state index contributed by atoms with van der Waals surface area (Å²) in [5.74, 6) is 1.35. The number of methoxy groups -OCH3 is 1. The van der Waals surface area contributed by atoms with Gasteiger partial charge in [0.25, 0.3) is 0 Å². The minimum atomic E-state index is 0.509. The minimum Gasteiger partial charge on any atom is -0.383 e. The molecule has 0 aliphatic carbocycles. The predicted octanol–water partition coefficient (Wildman–Crippen LogP) is 2.01. The maximum absolute atomic E-state index is 5.00. The number of aliphatic imine (C=N–C) groups is 1. The Hall–Kier alpha value is -1.14. The average molecular weight is 298 g/mol. The van der Waals surface area contributed by atoms with Crippen LogP contribution >= 0.6 is 11.3 Å². The number of nitrogens with zero attached hydrogens (tertiary/aromatic N) is 2. The number of aromatic nitrogens is 1. The maximum atomic E-state index is 5.00. The van der Waals surface area contributed by atoms with Crippen LogP contribution in [0.4, 0.5) is 0 Å². The van der Waals surface area contributed by atoms with Gasteiger partial charge in [0.2, 0.25) is 0 Å². The van der Waals surface area contributed by atoms with Crippen LogP contribution < -0.4 is 10.6 Å². The van der Waals surface area contributed by atoms with E-state index in [0.717, 1.165) is 31.2 Å². The molecule has 1 rings (SSSR count). The summed E-state index contributed by atoms with van der Waals surface area (Å²) in [6.45, 7) is 9.40. The van der Waals surface area contributed by atoms with Gasteiger partial charge in [-0.1, -0.05) is 13.8 Å². The van der Waals surface area contributed by atoms with E-state index in [2.05, 4.69) is 46.8 Å². The molecule has 0 saturated carbocycles. The van der Waals surface area contributed by atoms with E-state index in [1.807, 2.05) is 0 Å². The molecule has 1 aromatic rings. The first kappa shape index (κ1) is 16.9. The fourth-order valence-electron chi connectivity index (χ4n) is 1.60. The number of hydrogen-bond donors (Lipinski definition) is 2. The Morgan fingerprint density at radius 3 is 2.85 bits per heavy atom. The molecule has 0 amide bonds. The SMILES string of the molecule is CCNC(=NCCOC)NCCc1csc(C(C)C)n1. The third-order valence-corrected chi connectivity index (χ3v) is 3.84. The van der Waals surface area contributed by atoms with Crippen molar-refractivity contribution in [1.29, 1.82) is 0 Å². The fraction of sp³-hybridized carbons (Fsp3) is 0.714. The van der Waals surface area contributed by atoms with E-state index in [4.69, 9.17) is 4.74 Å². The lowest BCUT2D eigenvalue weighted by atomic mass is 10.2. The fourth-order valence-corrected chi connectivity index (χ4v) is 2.47. The van der Waals surface area contributed by atoms with Gasteiger partial charge in [-0.25, -0.2) is 4.98 Å². The zero-order valence-electron chi connectivity index (χ0n) is 12.9. The van der Waals surface area contributed by atoms with Crippen LogP contribution in [0, 0.1) is 0 Å². The molecule has 0 saturated heterocycles. The van der Waals surface area contributed by atoms with E-state index in [0.29, 0.717) is 19.1 Å². The van der Waals surface area contributed by atoms with Crippen LogP contribution in [-0.2, 0) is 11.2 Å². The molecule has 0 aliphatic heterocycles. The molecule has 2 N–H and O–H groups in total. The highest BCUT2D eigenvalue weighted by Gasteiger charge is 2.05. The summed E-state index contributed by atoms with van der Waals surface area (Å²) in [5.41, 5.74) is 1.15. The average Bonchev–Trinajstić information content (AvgIpc) is 2.88. The summed E-state index contributed by atoms with van der Waals surface area (Å²) in [4.78, 5) is 9.05. The number of guanidine groups is 1. The van der Waals surface area contributed by atoms with Crippen molar-refractivity contribution in [2.45, 2.75) is 33.1 Å². The normalized spacial score (nSPS) is 11.9. The molecular weight excluding hydrogens is 272 g/mol. The highest BCUT2D eigenvalue weighted by Crippen LogP contribution is 2.19. The zero-order valence-corrected chi connectivity index (χ0v) is 13.7. The molecule has 6 heteroatoms. The molecule has 0 fully saturated rings. The monoisotopic (exact) mass is 298 g/mol. The van der Waals surface area contributed by atoms with Crippen LogP contribution in [0.3, 0.4) is 0 Å². The molecule has 114 valence electrons. The number of nitrogens with one attached hydrogen (secondary N) is 2. The van der Waals surface area contributed by atoms with Crippen molar-refractivity contribution >= 4 is 17.3 Å². The topological polar surface area (TPSA) is 58.5 Å². The number of ether oxygens (including phenoxy) is 1.